The highest BCUT2D eigenvalue weighted by molar-refractivity contribution is 5.25. The molecule has 0 aliphatic carbocycles. The van der Waals surface area contributed by atoms with Crippen LogP contribution in [0.25, 0.3) is 0 Å². The summed E-state index contributed by atoms with van der Waals surface area (Å²) in [5.41, 5.74) is 0.334. The quantitative estimate of drug-likeness (QED) is 0.872. The lowest BCUT2D eigenvalue weighted by molar-refractivity contribution is -0.140. The Balaban J connectivity index is 2.62. The molecular formula is C11H14F3NO2. The van der Waals surface area contributed by atoms with Crippen LogP contribution in [-0.2, 0) is 0 Å². The number of hydrogen-bond donors (Lipinski definition) is 1. The van der Waals surface area contributed by atoms with Crippen molar-refractivity contribution in [3.05, 3.63) is 24.0 Å². The van der Waals surface area contributed by atoms with Crippen molar-refractivity contribution in [2.24, 2.45) is 0 Å². The highest BCUT2D eigenvalue weighted by Crippen LogP contribution is 2.28. The van der Waals surface area contributed by atoms with Crippen LogP contribution >= 0.6 is 0 Å². The maximum Gasteiger partial charge on any atom is 0.389 e. The highest BCUT2D eigenvalue weighted by Gasteiger charge is 2.28. The van der Waals surface area contributed by atoms with Crippen LogP contribution in [0, 0.1) is 0 Å². The number of ether oxygens (including phenoxy) is 1. The van der Waals surface area contributed by atoms with Crippen molar-refractivity contribution in [3.63, 3.8) is 0 Å². The molecule has 0 saturated heterocycles. The van der Waals surface area contributed by atoms with Crippen molar-refractivity contribution in [2.45, 2.75) is 32.0 Å². The molecule has 1 unspecified atom stereocenters. The molecule has 96 valence electrons. The number of aromatic nitrogens is 1. The van der Waals surface area contributed by atoms with Gasteiger partial charge in [-0.2, -0.15) is 13.2 Å². The second kappa shape index (κ2) is 5.86. The third kappa shape index (κ3) is 5.04. The van der Waals surface area contributed by atoms with Gasteiger partial charge in [-0.1, -0.05) is 0 Å². The van der Waals surface area contributed by atoms with Crippen LogP contribution in [0.4, 0.5) is 13.2 Å². The van der Waals surface area contributed by atoms with Crippen molar-refractivity contribution in [1.82, 2.24) is 4.98 Å². The first-order valence-electron chi connectivity index (χ1n) is 5.25. The molecule has 0 fully saturated rings. The minimum atomic E-state index is -4.26. The molecule has 0 amide bonds. The maximum absolute atomic E-state index is 12.0. The lowest BCUT2D eigenvalue weighted by atomic mass is 10.1. The van der Waals surface area contributed by atoms with E-state index in [1.165, 1.54) is 18.5 Å². The van der Waals surface area contributed by atoms with E-state index in [1.807, 2.05) is 0 Å². The first kappa shape index (κ1) is 13.8. The van der Waals surface area contributed by atoms with Gasteiger partial charge in [-0.3, -0.25) is 4.98 Å². The molecule has 3 nitrogen and oxygen atoms in total. The van der Waals surface area contributed by atoms with Crippen LogP contribution in [0.15, 0.2) is 18.5 Å². The third-order valence-electron chi connectivity index (χ3n) is 2.13. The number of alkyl halides is 3. The Morgan fingerprint density at radius 2 is 2.12 bits per heavy atom. The van der Waals surface area contributed by atoms with Crippen molar-refractivity contribution >= 4 is 0 Å². The van der Waals surface area contributed by atoms with Crippen molar-refractivity contribution < 1.29 is 23.0 Å². The van der Waals surface area contributed by atoms with E-state index in [4.69, 9.17) is 4.74 Å². The summed E-state index contributed by atoms with van der Waals surface area (Å²) in [7, 11) is 0. The van der Waals surface area contributed by atoms with E-state index < -0.39 is 18.7 Å². The normalized spacial score (nSPS) is 13.5. The van der Waals surface area contributed by atoms with Crippen LogP contribution in [0.2, 0.25) is 0 Å². The SMILES string of the molecule is CCOc1cncc(C(O)CCC(F)(F)F)c1. The number of hydrogen-bond acceptors (Lipinski definition) is 3. The largest absolute Gasteiger partial charge is 0.492 e. The summed E-state index contributed by atoms with van der Waals surface area (Å²) in [6.45, 7) is 2.22. The standard InChI is InChI=1S/C11H14F3NO2/c1-2-17-9-5-8(6-15-7-9)10(16)3-4-11(12,13)14/h5-7,10,16H,2-4H2,1H3. The second-order valence-corrected chi connectivity index (χ2v) is 3.56. The zero-order chi connectivity index (χ0) is 12.9. The average Bonchev–Trinajstić information content (AvgIpc) is 2.26. The topological polar surface area (TPSA) is 42.4 Å². The molecular weight excluding hydrogens is 235 g/mol. The van der Waals surface area contributed by atoms with Crippen LogP contribution in [-0.4, -0.2) is 22.9 Å². The van der Waals surface area contributed by atoms with Gasteiger partial charge in [0.25, 0.3) is 0 Å². The van der Waals surface area contributed by atoms with Crippen molar-refractivity contribution in [3.8, 4) is 5.75 Å². The molecule has 6 heteroatoms. The zero-order valence-electron chi connectivity index (χ0n) is 9.37. The molecule has 17 heavy (non-hydrogen) atoms. The summed E-state index contributed by atoms with van der Waals surface area (Å²) < 4.78 is 41.1. The summed E-state index contributed by atoms with van der Waals surface area (Å²) in [6, 6.07) is 1.50. The summed E-state index contributed by atoms with van der Waals surface area (Å²) >= 11 is 0. The van der Waals surface area contributed by atoms with E-state index in [2.05, 4.69) is 4.98 Å². The molecule has 1 aromatic heterocycles. The van der Waals surface area contributed by atoms with Crippen LogP contribution < -0.4 is 4.74 Å². The van der Waals surface area contributed by atoms with Gasteiger partial charge in [0.05, 0.1) is 18.9 Å². The van der Waals surface area contributed by atoms with Gasteiger partial charge in [-0.05, 0) is 19.4 Å². The molecule has 0 radical (unpaired) electrons. The molecule has 1 rings (SSSR count). The third-order valence-corrected chi connectivity index (χ3v) is 2.13. The monoisotopic (exact) mass is 249 g/mol. The summed E-state index contributed by atoms with van der Waals surface area (Å²) in [5, 5.41) is 9.58. The maximum atomic E-state index is 12.0. The van der Waals surface area contributed by atoms with E-state index in [1.54, 1.807) is 6.92 Å². The van der Waals surface area contributed by atoms with E-state index in [0.717, 1.165) is 0 Å². The molecule has 1 N–H and O–H groups in total. The van der Waals surface area contributed by atoms with Crippen LogP contribution in [0.5, 0.6) is 5.75 Å². The number of pyridine rings is 1. The zero-order valence-corrected chi connectivity index (χ0v) is 9.37. The van der Waals surface area contributed by atoms with Gasteiger partial charge < -0.3 is 9.84 Å². The molecule has 0 aromatic carbocycles. The number of rotatable bonds is 5. The Kier molecular flexibility index (Phi) is 4.74. The van der Waals surface area contributed by atoms with Crippen molar-refractivity contribution in [1.29, 1.82) is 0 Å². The first-order valence-corrected chi connectivity index (χ1v) is 5.25. The predicted octanol–water partition coefficient (Wildman–Crippen LogP) is 2.86. The Morgan fingerprint density at radius 3 is 2.71 bits per heavy atom. The van der Waals surface area contributed by atoms with Crippen LogP contribution in [0.3, 0.4) is 0 Å². The number of halogens is 3. The van der Waals surface area contributed by atoms with Crippen LogP contribution in [0.1, 0.15) is 31.4 Å². The minimum Gasteiger partial charge on any atom is -0.492 e. The minimum absolute atomic E-state index is 0.334. The number of nitrogens with zero attached hydrogens (tertiary/aromatic N) is 1. The van der Waals surface area contributed by atoms with E-state index in [0.29, 0.717) is 17.9 Å². The molecule has 1 aromatic rings. The fourth-order valence-corrected chi connectivity index (χ4v) is 1.33. The van der Waals surface area contributed by atoms with Crippen molar-refractivity contribution in [2.75, 3.05) is 6.61 Å². The Hall–Kier alpha value is -1.30. The Morgan fingerprint density at radius 1 is 1.41 bits per heavy atom. The second-order valence-electron chi connectivity index (χ2n) is 3.56. The molecule has 0 spiro atoms. The molecule has 0 aliphatic rings. The molecule has 1 heterocycles. The van der Waals surface area contributed by atoms with Gasteiger partial charge >= 0.3 is 6.18 Å². The van der Waals surface area contributed by atoms with E-state index in [9.17, 15) is 18.3 Å². The molecule has 1 atom stereocenters. The lowest BCUT2D eigenvalue weighted by Crippen LogP contribution is -2.10. The summed E-state index contributed by atoms with van der Waals surface area (Å²) in [5.74, 6) is 0.441. The first-order chi connectivity index (χ1) is 7.92. The predicted molar refractivity (Wildman–Crippen MR) is 55.7 cm³/mol. The number of aliphatic hydroxyl groups is 1. The van der Waals surface area contributed by atoms with Gasteiger partial charge in [0, 0.05) is 18.2 Å². The van der Waals surface area contributed by atoms with Gasteiger partial charge in [-0.25, -0.2) is 0 Å². The van der Waals surface area contributed by atoms with Gasteiger partial charge in [0.15, 0.2) is 0 Å². The van der Waals surface area contributed by atoms with Gasteiger partial charge in [0.1, 0.15) is 5.75 Å². The highest BCUT2D eigenvalue weighted by atomic mass is 19.4. The van der Waals surface area contributed by atoms with E-state index in [-0.39, 0.29) is 6.42 Å². The van der Waals surface area contributed by atoms with E-state index >= 15 is 0 Å². The smallest absolute Gasteiger partial charge is 0.389 e. The fourth-order valence-electron chi connectivity index (χ4n) is 1.33. The summed E-state index contributed by atoms with van der Waals surface area (Å²) in [4.78, 5) is 3.80. The van der Waals surface area contributed by atoms with Gasteiger partial charge in [-0.15, -0.1) is 0 Å². The lowest BCUT2D eigenvalue weighted by Gasteiger charge is -2.13. The fraction of sp³-hybridized carbons (Fsp3) is 0.545. The average molecular weight is 249 g/mol. The van der Waals surface area contributed by atoms with Gasteiger partial charge in [0.2, 0.25) is 0 Å². The molecule has 0 saturated carbocycles. The Bertz CT molecular complexity index is 355. The molecule has 0 aliphatic heterocycles. The summed E-state index contributed by atoms with van der Waals surface area (Å²) in [6.07, 6.45) is -4.04. The number of aliphatic hydroxyl groups excluding tert-OH is 1. The Labute approximate surface area is 97.2 Å². The molecule has 0 bridgehead atoms.